The first-order chi connectivity index (χ1) is 6.01. The van der Waals surface area contributed by atoms with Crippen LogP contribution in [0, 0.1) is 0 Å². The zero-order valence-electron chi connectivity index (χ0n) is 8.46. The van der Waals surface area contributed by atoms with Crippen molar-refractivity contribution in [2.75, 3.05) is 6.26 Å². The van der Waals surface area contributed by atoms with Crippen LogP contribution in [0.2, 0.25) is 3.43 Å². The Morgan fingerprint density at radius 1 is 1.38 bits per heavy atom. The number of nitrogens with zero attached hydrogens (tertiary/aromatic N) is 2. The van der Waals surface area contributed by atoms with Crippen LogP contribution in [0.25, 0.3) is 0 Å². The van der Waals surface area contributed by atoms with Crippen molar-refractivity contribution in [3.63, 3.8) is 0 Å². The molecule has 0 aliphatic rings. The van der Waals surface area contributed by atoms with E-state index in [-0.39, 0.29) is 0 Å². The molecule has 2 radical (unpaired) electrons. The fraction of sp³-hybridized carbons (Fsp3) is 0.556. The van der Waals surface area contributed by atoms with Crippen LogP contribution in [0.4, 0.5) is 0 Å². The van der Waals surface area contributed by atoms with Crippen molar-refractivity contribution in [2.45, 2.75) is 29.4 Å². The van der Waals surface area contributed by atoms with Crippen LogP contribution in [-0.4, -0.2) is 37.4 Å². The zero-order chi connectivity index (χ0) is 9.90. The molecule has 0 saturated carbocycles. The summed E-state index contributed by atoms with van der Waals surface area (Å²) >= 11 is 1.06. The molecule has 0 fully saturated rings. The molecule has 1 aromatic heterocycles. The monoisotopic (exact) mass is 302 g/mol. The standard InChI is InChI=1S/C5H5N2S.C4H9.Sn/c1-8-5-6-3-2-4-7-5;1-4(2)3;/h2-3H,1H3;1-3H3;. The van der Waals surface area contributed by atoms with E-state index >= 15 is 0 Å². The van der Waals surface area contributed by atoms with Crippen LogP contribution in [0.5, 0.6) is 0 Å². The van der Waals surface area contributed by atoms with Crippen LogP contribution < -0.4 is 3.71 Å². The summed E-state index contributed by atoms with van der Waals surface area (Å²) in [5, 5.41) is 0.905. The SMILES string of the molecule is CSc1ncc[c]([Sn][C](C)(C)C)n1. The van der Waals surface area contributed by atoms with E-state index in [4.69, 9.17) is 0 Å². The van der Waals surface area contributed by atoms with Crippen molar-refractivity contribution in [2.24, 2.45) is 0 Å². The maximum atomic E-state index is 4.50. The minimum absolute atomic E-state index is 0.466. The molecule has 70 valence electrons. The molecular weight excluding hydrogens is 287 g/mol. The molecular formula is C9H14N2SSn. The molecule has 0 aliphatic heterocycles. The third-order valence-electron chi connectivity index (χ3n) is 1.32. The normalized spacial score (nSPS) is 11.7. The third-order valence-corrected chi connectivity index (χ3v) is 5.55. The van der Waals surface area contributed by atoms with Gasteiger partial charge >= 0.3 is 94.5 Å². The van der Waals surface area contributed by atoms with Crippen LogP contribution in [0.3, 0.4) is 0 Å². The molecule has 0 aromatic carbocycles. The van der Waals surface area contributed by atoms with Gasteiger partial charge in [0.1, 0.15) is 0 Å². The average molecular weight is 301 g/mol. The summed E-state index contributed by atoms with van der Waals surface area (Å²) in [5.74, 6) is 0. The van der Waals surface area contributed by atoms with Gasteiger partial charge in [-0.05, 0) is 0 Å². The van der Waals surface area contributed by atoms with E-state index in [0.717, 1.165) is 5.16 Å². The Bertz CT molecular complexity index is 283. The topological polar surface area (TPSA) is 25.8 Å². The summed E-state index contributed by atoms with van der Waals surface area (Å²) < 4.78 is 1.77. The fourth-order valence-corrected chi connectivity index (χ4v) is 4.59. The Kier molecular flexibility index (Phi) is 4.03. The van der Waals surface area contributed by atoms with E-state index < -0.39 is 21.1 Å². The molecule has 0 aliphatic carbocycles. The van der Waals surface area contributed by atoms with Gasteiger partial charge in [-0.1, -0.05) is 0 Å². The van der Waals surface area contributed by atoms with E-state index in [2.05, 4.69) is 36.8 Å². The van der Waals surface area contributed by atoms with Gasteiger partial charge in [0, 0.05) is 0 Å². The van der Waals surface area contributed by atoms with Gasteiger partial charge in [-0.2, -0.15) is 0 Å². The average Bonchev–Trinajstić information content (AvgIpc) is 2.01. The van der Waals surface area contributed by atoms with E-state index in [1.54, 1.807) is 11.8 Å². The van der Waals surface area contributed by atoms with Gasteiger partial charge in [-0.25, -0.2) is 0 Å². The Morgan fingerprint density at radius 3 is 2.62 bits per heavy atom. The van der Waals surface area contributed by atoms with Crippen molar-refractivity contribution in [1.82, 2.24) is 9.97 Å². The van der Waals surface area contributed by atoms with E-state index in [9.17, 15) is 0 Å². The number of thioether (sulfide) groups is 1. The molecule has 0 spiro atoms. The summed E-state index contributed by atoms with van der Waals surface area (Å²) in [4.78, 5) is 8.67. The van der Waals surface area contributed by atoms with Crippen molar-refractivity contribution >= 4 is 36.6 Å². The van der Waals surface area contributed by atoms with Crippen molar-refractivity contribution in [1.29, 1.82) is 0 Å². The van der Waals surface area contributed by atoms with E-state index in [1.165, 1.54) is 3.71 Å². The van der Waals surface area contributed by atoms with Crippen molar-refractivity contribution < 1.29 is 0 Å². The van der Waals surface area contributed by atoms with Crippen LogP contribution in [0.15, 0.2) is 17.4 Å². The number of rotatable bonds is 2. The molecule has 2 nitrogen and oxygen atoms in total. The molecule has 1 heterocycles. The molecule has 13 heavy (non-hydrogen) atoms. The summed E-state index contributed by atoms with van der Waals surface area (Å²) in [7, 11) is 0. The van der Waals surface area contributed by atoms with Crippen LogP contribution in [0.1, 0.15) is 20.8 Å². The van der Waals surface area contributed by atoms with Gasteiger partial charge in [0.2, 0.25) is 0 Å². The first kappa shape index (κ1) is 11.3. The molecule has 1 aromatic rings. The fourth-order valence-electron chi connectivity index (χ4n) is 0.893. The predicted octanol–water partition coefficient (Wildman–Crippen LogP) is 1.75. The van der Waals surface area contributed by atoms with Gasteiger partial charge in [-0.15, -0.1) is 0 Å². The first-order valence-corrected chi connectivity index (χ1v) is 8.24. The molecule has 0 bridgehead atoms. The Morgan fingerprint density at radius 2 is 2.08 bits per heavy atom. The molecule has 0 amide bonds. The van der Waals surface area contributed by atoms with Crippen LogP contribution >= 0.6 is 11.8 Å². The number of aromatic nitrogens is 2. The summed E-state index contributed by atoms with van der Waals surface area (Å²) in [6, 6.07) is 2.07. The molecule has 1 rings (SSSR count). The Hall–Kier alpha value is 0.229. The van der Waals surface area contributed by atoms with Crippen LogP contribution in [-0.2, 0) is 0 Å². The summed E-state index contributed by atoms with van der Waals surface area (Å²) in [5.41, 5.74) is 0. The number of hydrogen-bond donors (Lipinski definition) is 0. The molecule has 0 N–H and O–H groups in total. The van der Waals surface area contributed by atoms with Crippen molar-refractivity contribution in [3.05, 3.63) is 12.3 Å². The Labute approximate surface area is 94.2 Å². The second kappa shape index (κ2) is 4.64. The zero-order valence-corrected chi connectivity index (χ0v) is 12.1. The second-order valence-electron chi connectivity index (χ2n) is 3.80. The molecule has 0 unspecified atom stereocenters. The van der Waals surface area contributed by atoms with Crippen molar-refractivity contribution in [3.8, 4) is 0 Å². The predicted molar refractivity (Wildman–Crippen MR) is 58.9 cm³/mol. The molecule has 0 saturated heterocycles. The van der Waals surface area contributed by atoms with Gasteiger partial charge in [0.15, 0.2) is 0 Å². The second-order valence-corrected chi connectivity index (χ2v) is 11.0. The third kappa shape index (κ3) is 4.31. The quantitative estimate of drug-likeness (QED) is 0.473. The van der Waals surface area contributed by atoms with Gasteiger partial charge in [-0.3, -0.25) is 0 Å². The number of hydrogen-bond acceptors (Lipinski definition) is 3. The van der Waals surface area contributed by atoms with Gasteiger partial charge < -0.3 is 0 Å². The van der Waals surface area contributed by atoms with Gasteiger partial charge in [0.25, 0.3) is 0 Å². The minimum atomic E-state index is -0.553. The van der Waals surface area contributed by atoms with E-state index in [0.29, 0.717) is 3.43 Å². The van der Waals surface area contributed by atoms with Gasteiger partial charge in [0.05, 0.1) is 0 Å². The maximum absolute atomic E-state index is 4.50. The Balaban J connectivity index is 2.78. The summed E-state index contributed by atoms with van der Waals surface area (Å²) in [6.45, 7) is 6.88. The summed E-state index contributed by atoms with van der Waals surface area (Å²) in [6.07, 6.45) is 3.89. The van der Waals surface area contributed by atoms with E-state index in [1.807, 2.05) is 12.5 Å². The molecule has 4 heteroatoms. The molecule has 0 atom stereocenters. The first-order valence-electron chi connectivity index (χ1n) is 4.16.